The van der Waals surface area contributed by atoms with Crippen molar-refractivity contribution in [1.82, 2.24) is 0 Å². The van der Waals surface area contributed by atoms with Crippen molar-refractivity contribution in [1.29, 1.82) is 0 Å². The molecule has 122 valence electrons. The molecule has 0 aromatic rings. The summed E-state index contributed by atoms with van der Waals surface area (Å²) in [4.78, 5) is 0. The van der Waals surface area contributed by atoms with Crippen molar-refractivity contribution in [3.63, 3.8) is 0 Å². The first-order valence-corrected chi connectivity index (χ1v) is 12.4. The summed E-state index contributed by atoms with van der Waals surface area (Å²) in [6.45, 7) is 15.5. The molecule has 0 radical (unpaired) electrons. The standard InChI is InChI=1S/C16H34FIOSi/c1-8-9-10-13(2)11-15(14(17)12-18)19-20(6,7)16(3,4)5/h13-15H,8-12H2,1-7H3/t13-,14?,15-/m0/s1. The maximum absolute atomic E-state index is 14.3. The number of alkyl halides is 2. The lowest BCUT2D eigenvalue weighted by atomic mass is 9.96. The Morgan fingerprint density at radius 2 is 1.80 bits per heavy atom. The molecule has 0 amide bonds. The highest BCUT2D eigenvalue weighted by atomic mass is 127. The molecule has 0 fully saturated rings. The Morgan fingerprint density at radius 1 is 1.25 bits per heavy atom. The van der Waals surface area contributed by atoms with Gasteiger partial charge in [0, 0.05) is 4.43 Å². The molecule has 0 aliphatic heterocycles. The Bertz CT molecular complexity index is 266. The van der Waals surface area contributed by atoms with Gasteiger partial charge in [0.2, 0.25) is 0 Å². The molecule has 3 atom stereocenters. The van der Waals surface area contributed by atoms with E-state index in [1.165, 1.54) is 19.3 Å². The van der Waals surface area contributed by atoms with Gasteiger partial charge in [-0.05, 0) is 30.5 Å². The first-order chi connectivity index (χ1) is 9.05. The highest BCUT2D eigenvalue weighted by Crippen LogP contribution is 2.38. The van der Waals surface area contributed by atoms with Gasteiger partial charge < -0.3 is 4.43 Å². The fourth-order valence-electron chi connectivity index (χ4n) is 1.99. The third kappa shape index (κ3) is 7.21. The second-order valence-electron chi connectivity index (χ2n) is 7.57. The number of halogens is 2. The van der Waals surface area contributed by atoms with Crippen molar-refractivity contribution >= 4 is 30.9 Å². The Hall–Kier alpha value is 0.837. The summed E-state index contributed by atoms with van der Waals surface area (Å²) >= 11 is 2.14. The minimum Gasteiger partial charge on any atom is -0.411 e. The highest BCUT2D eigenvalue weighted by Gasteiger charge is 2.40. The van der Waals surface area contributed by atoms with Crippen LogP contribution in [0, 0.1) is 5.92 Å². The van der Waals surface area contributed by atoms with Gasteiger partial charge in [0.15, 0.2) is 8.32 Å². The average molecular weight is 416 g/mol. The third-order valence-electron chi connectivity index (χ3n) is 4.49. The molecule has 0 aliphatic rings. The summed E-state index contributed by atoms with van der Waals surface area (Å²) in [5.41, 5.74) is 0. The van der Waals surface area contributed by atoms with Gasteiger partial charge in [0.25, 0.3) is 0 Å². The van der Waals surface area contributed by atoms with Gasteiger partial charge >= 0.3 is 0 Å². The van der Waals surface area contributed by atoms with Crippen LogP contribution in [0.25, 0.3) is 0 Å². The molecule has 0 aliphatic carbocycles. The topological polar surface area (TPSA) is 9.23 Å². The predicted molar refractivity (Wildman–Crippen MR) is 99.2 cm³/mol. The lowest BCUT2D eigenvalue weighted by molar-refractivity contribution is 0.0788. The minimum absolute atomic E-state index is 0.142. The van der Waals surface area contributed by atoms with Crippen molar-refractivity contribution in [3.05, 3.63) is 0 Å². The smallest absolute Gasteiger partial charge is 0.192 e. The lowest BCUT2D eigenvalue weighted by Crippen LogP contribution is -2.47. The molecule has 0 heterocycles. The van der Waals surface area contributed by atoms with Gasteiger partial charge in [-0.1, -0.05) is 76.5 Å². The van der Waals surface area contributed by atoms with E-state index in [9.17, 15) is 4.39 Å². The first kappa shape index (κ1) is 20.8. The molecular weight excluding hydrogens is 382 g/mol. The molecule has 0 spiro atoms. The summed E-state index contributed by atoms with van der Waals surface area (Å²) in [6, 6.07) is 0. The Kier molecular flexibility index (Phi) is 9.46. The molecule has 0 bridgehead atoms. The van der Waals surface area contributed by atoms with E-state index in [1.807, 2.05) is 0 Å². The Balaban J connectivity index is 4.74. The maximum Gasteiger partial charge on any atom is 0.192 e. The third-order valence-corrected chi connectivity index (χ3v) is 9.83. The van der Waals surface area contributed by atoms with Crippen LogP contribution in [-0.4, -0.2) is 25.0 Å². The fourth-order valence-corrected chi connectivity index (χ4v) is 3.91. The van der Waals surface area contributed by atoms with E-state index in [2.05, 4.69) is 70.3 Å². The number of hydrogen-bond acceptors (Lipinski definition) is 1. The van der Waals surface area contributed by atoms with E-state index >= 15 is 0 Å². The van der Waals surface area contributed by atoms with Crippen LogP contribution < -0.4 is 0 Å². The molecule has 0 aromatic heterocycles. The van der Waals surface area contributed by atoms with Gasteiger partial charge in [0.05, 0.1) is 6.10 Å². The molecule has 0 N–H and O–H groups in total. The molecule has 20 heavy (non-hydrogen) atoms. The first-order valence-electron chi connectivity index (χ1n) is 7.93. The molecule has 0 aromatic carbocycles. The molecule has 0 rings (SSSR count). The van der Waals surface area contributed by atoms with Gasteiger partial charge in [0.1, 0.15) is 6.17 Å². The normalized spacial score (nSPS) is 17.9. The zero-order valence-electron chi connectivity index (χ0n) is 14.4. The summed E-state index contributed by atoms with van der Waals surface area (Å²) in [6.07, 6.45) is 3.42. The maximum atomic E-state index is 14.3. The van der Waals surface area contributed by atoms with Crippen molar-refractivity contribution in [2.45, 2.75) is 90.7 Å². The van der Waals surface area contributed by atoms with E-state index < -0.39 is 14.5 Å². The number of hydrogen-bond donors (Lipinski definition) is 0. The van der Waals surface area contributed by atoms with Crippen LogP contribution in [0.1, 0.15) is 60.3 Å². The van der Waals surface area contributed by atoms with Gasteiger partial charge in [-0.15, -0.1) is 0 Å². The van der Waals surface area contributed by atoms with E-state index in [1.54, 1.807) is 0 Å². The van der Waals surface area contributed by atoms with E-state index in [4.69, 9.17) is 4.43 Å². The zero-order valence-corrected chi connectivity index (χ0v) is 17.6. The van der Waals surface area contributed by atoms with Crippen LogP contribution in [0.15, 0.2) is 0 Å². The molecule has 4 heteroatoms. The fraction of sp³-hybridized carbons (Fsp3) is 1.00. The molecule has 0 saturated heterocycles. The summed E-state index contributed by atoms with van der Waals surface area (Å²) < 4.78 is 21.2. The SMILES string of the molecule is CCCC[C@H](C)C[C@H](O[Si](C)(C)C(C)(C)C)C(F)CI. The van der Waals surface area contributed by atoms with Gasteiger partial charge in [-0.3, -0.25) is 0 Å². The highest BCUT2D eigenvalue weighted by molar-refractivity contribution is 14.1. The van der Waals surface area contributed by atoms with E-state index in [0.717, 1.165) is 6.42 Å². The second kappa shape index (κ2) is 9.08. The monoisotopic (exact) mass is 416 g/mol. The van der Waals surface area contributed by atoms with Crippen molar-refractivity contribution in [2.75, 3.05) is 4.43 Å². The summed E-state index contributed by atoms with van der Waals surface area (Å²) in [7, 11) is -1.89. The van der Waals surface area contributed by atoms with Crippen molar-refractivity contribution in [3.8, 4) is 0 Å². The van der Waals surface area contributed by atoms with E-state index in [0.29, 0.717) is 10.3 Å². The van der Waals surface area contributed by atoms with Crippen LogP contribution in [0.2, 0.25) is 18.1 Å². The number of rotatable bonds is 9. The van der Waals surface area contributed by atoms with Crippen LogP contribution in [-0.2, 0) is 4.43 Å². The Morgan fingerprint density at radius 3 is 2.20 bits per heavy atom. The van der Waals surface area contributed by atoms with Crippen molar-refractivity contribution < 1.29 is 8.82 Å². The molecule has 0 saturated carbocycles. The van der Waals surface area contributed by atoms with Crippen LogP contribution in [0.3, 0.4) is 0 Å². The van der Waals surface area contributed by atoms with Crippen LogP contribution >= 0.6 is 22.6 Å². The lowest BCUT2D eigenvalue weighted by Gasteiger charge is -2.40. The van der Waals surface area contributed by atoms with Gasteiger partial charge in [-0.2, -0.15) is 0 Å². The van der Waals surface area contributed by atoms with Crippen molar-refractivity contribution in [2.24, 2.45) is 5.92 Å². The zero-order chi connectivity index (χ0) is 16.0. The summed E-state index contributed by atoms with van der Waals surface area (Å²) in [5, 5.41) is 0.142. The molecular formula is C16H34FIOSi. The largest absolute Gasteiger partial charge is 0.411 e. The molecule has 1 unspecified atom stereocenters. The van der Waals surface area contributed by atoms with Crippen LogP contribution in [0.4, 0.5) is 4.39 Å². The second-order valence-corrected chi connectivity index (χ2v) is 13.2. The Labute approximate surface area is 140 Å². The minimum atomic E-state index is -1.89. The summed E-state index contributed by atoms with van der Waals surface area (Å²) in [5.74, 6) is 0.547. The predicted octanol–water partition coefficient (Wildman–Crippen LogP) is 6.37. The quantitative estimate of drug-likeness (QED) is 0.241. The number of unbranched alkanes of at least 4 members (excludes halogenated alkanes) is 1. The van der Waals surface area contributed by atoms with Gasteiger partial charge in [-0.25, -0.2) is 4.39 Å². The van der Waals surface area contributed by atoms with E-state index in [-0.39, 0.29) is 11.1 Å². The average Bonchev–Trinajstić information content (AvgIpc) is 2.32. The molecule has 1 nitrogen and oxygen atoms in total. The van der Waals surface area contributed by atoms with Crippen LogP contribution in [0.5, 0.6) is 0 Å².